The van der Waals surface area contributed by atoms with Crippen molar-refractivity contribution in [3.8, 4) is 0 Å². The monoisotopic (exact) mass is 266 g/mol. The second kappa shape index (κ2) is 6.60. The van der Waals surface area contributed by atoms with E-state index in [1.54, 1.807) is 0 Å². The summed E-state index contributed by atoms with van der Waals surface area (Å²) in [6, 6.07) is 0.640. The highest BCUT2D eigenvalue weighted by atomic mass is 15.2. The van der Waals surface area contributed by atoms with Crippen LogP contribution < -0.4 is 11.1 Å². The quantitative estimate of drug-likeness (QED) is 0.591. The van der Waals surface area contributed by atoms with Crippen LogP contribution in [0.15, 0.2) is 4.99 Å². The van der Waals surface area contributed by atoms with Gasteiger partial charge in [0.05, 0.1) is 0 Å². The first-order valence-electron chi connectivity index (χ1n) is 7.91. The summed E-state index contributed by atoms with van der Waals surface area (Å²) in [5.41, 5.74) is 6.39. The first-order chi connectivity index (χ1) is 9.13. The molecule has 0 aromatic rings. The van der Waals surface area contributed by atoms with Gasteiger partial charge in [-0.25, -0.2) is 0 Å². The number of likely N-dealkylation sites (N-methyl/N-ethyl adjacent to an activating group) is 1. The van der Waals surface area contributed by atoms with Gasteiger partial charge in [-0.2, -0.15) is 0 Å². The molecule has 0 aromatic carbocycles. The molecule has 110 valence electrons. The Kier molecular flexibility index (Phi) is 5.08. The molecule has 1 aliphatic carbocycles. The van der Waals surface area contributed by atoms with Gasteiger partial charge in [-0.3, -0.25) is 9.89 Å². The topological polar surface area (TPSA) is 53.6 Å². The van der Waals surface area contributed by atoms with E-state index in [0.717, 1.165) is 19.6 Å². The number of nitrogens with one attached hydrogen (secondary N) is 1. The first-order valence-corrected chi connectivity index (χ1v) is 7.91. The SMILES string of the molecule is CCN1CCCC1CNC(N)=NCC1(C)CCCC1. The van der Waals surface area contributed by atoms with Crippen LogP contribution in [0.5, 0.6) is 0 Å². The molecule has 1 heterocycles. The minimum absolute atomic E-state index is 0.398. The lowest BCUT2D eigenvalue weighted by atomic mass is 9.89. The summed E-state index contributed by atoms with van der Waals surface area (Å²) < 4.78 is 0. The Morgan fingerprint density at radius 1 is 1.37 bits per heavy atom. The minimum Gasteiger partial charge on any atom is -0.370 e. The molecule has 2 rings (SSSR count). The molecule has 4 heteroatoms. The van der Waals surface area contributed by atoms with Gasteiger partial charge in [0.2, 0.25) is 0 Å². The fourth-order valence-corrected chi connectivity index (χ4v) is 3.48. The Bertz CT molecular complexity index is 307. The summed E-state index contributed by atoms with van der Waals surface area (Å²) in [6.07, 6.45) is 7.91. The van der Waals surface area contributed by atoms with Crippen molar-refractivity contribution in [2.45, 2.75) is 58.4 Å². The van der Waals surface area contributed by atoms with Crippen LogP contribution in [0.4, 0.5) is 0 Å². The number of rotatable bonds is 5. The van der Waals surface area contributed by atoms with Crippen molar-refractivity contribution in [1.82, 2.24) is 10.2 Å². The summed E-state index contributed by atoms with van der Waals surface area (Å²) in [6.45, 7) is 8.77. The van der Waals surface area contributed by atoms with Gasteiger partial charge in [-0.15, -0.1) is 0 Å². The van der Waals surface area contributed by atoms with E-state index in [0.29, 0.717) is 17.4 Å². The van der Waals surface area contributed by atoms with Gasteiger partial charge in [-0.05, 0) is 44.2 Å². The lowest BCUT2D eigenvalue weighted by molar-refractivity contribution is 0.267. The fraction of sp³-hybridized carbons (Fsp3) is 0.933. The summed E-state index contributed by atoms with van der Waals surface area (Å²) in [4.78, 5) is 7.08. The fourth-order valence-electron chi connectivity index (χ4n) is 3.48. The third-order valence-electron chi connectivity index (χ3n) is 4.87. The van der Waals surface area contributed by atoms with Crippen LogP contribution in [-0.4, -0.2) is 43.1 Å². The third kappa shape index (κ3) is 4.10. The molecule has 4 nitrogen and oxygen atoms in total. The third-order valence-corrected chi connectivity index (χ3v) is 4.87. The van der Waals surface area contributed by atoms with Crippen LogP contribution in [0.1, 0.15) is 52.4 Å². The normalized spacial score (nSPS) is 27.9. The molecule has 1 atom stereocenters. The van der Waals surface area contributed by atoms with E-state index in [1.165, 1.54) is 45.1 Å². The van der Waals surface area contributed by atoms with Gasteiger partial charge < -0.3 is 11.1 Å². The summed E-state index contributed by atoms with van der Waals surface area (Å²) in [5.74, 6) is 0.635. The second-order valence-corrected chi connectivity index (χ2v) is 6.52. The maximum absolute atomic E-state index is 6.00. The molecule has 2 aliphatic rings. The Morgan fingerprint density at radius 3 is 2.79 bits per heavy atom. The van der Waals surface area contributed by atoms with Crippen molar-refractivity contribution in [1.29, 1.82) is 0 Å². The Morgan fingerprint density at radius 2 is 2.11 bits per heavy atom. The molecule has 0 bridgehead atoms. The highest BCUT2D eigenvalue weighted by Gasteiger charge is 2.28. The van der Waals surface area contributed by atoms with Gasteiger partial charge in [-0.1, -0.05) is 26.7 Å². The van der Waals surface area contributed by atoms with E-state index >= 15 is 0 Å². The molecular weight excluding hydrogens is 236 g/mol. The lowest BCUT2D eigenvalue weighted by Crippen LogP contribution is -2.43. The van der Waals surface area contributed by atoms with Gasteiger partial charge in [0.15, 0.2) is 5.96 Å². The average Bonchev–Trinajstić information content (AvgIpc) is 3.03. The van der Waals surface area contributed by atoms with Crippen molar-refractivity contribution in [3.63, 3.8) is 0 Å². The van der Waals surface area contributed by atoms with Gasteiger partial charge in [0, 0.05) is 19.1 Å². The molecule has 1 aliphatic heterocycles. The minimum atomic E-state index is 0.398. The zero-order valence-corrected chi connectivity index (χ0v) is 12.6. The number of guanidine groups is 1. The smallest absolute Gasteiger partial charge is 0.188 e. The summed E-state index contributed by atoms with van der Waals surface area (Å²) >= 11 is 0. The van der Waals surface area contributed by atoms with Gasteiger partial charge in [0.1, 0.15) is 0 Å². The lowest BCUT2D eigenvalue weighted by Gasteiger charge is -2.24. The second-order valence-electron chi connectivity index (χ2n) is 6.52. The molecule has 0 amide bonds. The molecule has 1 saturated heterocycles. The van der Waals surface area contributed by atoms with E-state index in [9.17, 15) is 0 Å². The highest BCUT2D eigenvalue weighted by molar-refractivity contribution is 5.77. The molecular formula is C15H30N4. The maximum atomic E-state index is 6.00. The summed E-state index contributed by atoms with van der Waals surface area (Å²) in [5, 5.41) is 3.32. The first kappa shape index (κ1) is 14.6. The predicted molar refractivity (Wildman–Crippen MR) is 81.3 cm³/mol. The van der Waals surface area contributed by atoms with Crippen LogP contribution in [0.2, 0.25) is 0 Å². The van der Waals surface area contributed by atoms with E-state index < -0.39 is 0 Å². The van der Waals surface area contributed by atoms with E-state index in [1.807, 2.05) is 0 Å². The average molecular weight is 266 g/mol. The van der Waals surface area contributed by atoms with Crippen LogP contribution in [0, 0.1) is 5.41 Å². The maximum Gasteiger partial charge on any atom is 0.188 e. The van der Waals surface area contributed by atoms with Gasteiger partial charge in [0.25, 0.3) is 0 Å². The molecule has 1 saturated carbocycles. The zero-order valence-electron chi connectivity index (χ0n) is 12.6. The Balaban J connectivity index is 1.72. The Labute approximate surface area is 117 Å². The largest absolute Gasteiger partial charge is 0.370 e. The van der Waals surface area contributed by atoms with Crippen LogP contribution in [-0.2, 0) is 0 Å². The van der Waals surface area contributed by atoms with Gasteiger partial charge >= 0.3 is 0 Å². The van der Waals surface area contributed by atoms with Crippen molar-refractivity contribution in [2.75, 3.05) is 26.2 Å². The van der Waals surface area contributed by atoms with Crippen molar-refractivity contribution in [3.05, 3.63) is 0 Å². The molecule has 0 aromatic heterocycles. The Hall–Kier alpha value is -0.770. The molecule has 19 heavy (non-hydrogen) atoms. The van der Waals surface area contributed by atoms with Crippen LogP contribution >= 0.6 is 0 Å². The number of aliphatic imine (C=N–C) groups is 1. The number of likely N-dealkylation sites (tertiary alicyclic amines) is 1. The van der Waals surface area contributed by atoms with E-state index in [-0.39, 0.29) is 0 Å². The van der Waals surface area contributed by atoms with E-state index in [2.05, 4.69) is 29.1 Å². The van der Waals surface area contributed by atoms with Crippen molar-refractivity contribution >= 4 is 5.96 Å². The molecule has 0 spiro atoms. The molecule has 1 unspecified atom stereocenters. The van der Waals surface area contributed by atoms with E-state index in [4.69, 9.17) is 5.73 Å². The number of nitrogens with two attached hydrogens (primary N) is 1. The predicted octanol–water partition coefficient (Wildman–Crippen LogP) is 1.96. The van der Waals surface area contributed by atoms with Crippen LogP contribution in [0.25, 0.3) is 0 Å². The number of nitrogens with zero attached hydrogens (tertiary/aromatic N) is 2. The molecule has 3 N–H and O–H groups in total. The highest BCUT2D eigenvalue weighted by Crippen LogP contribution is 2.37. The van der Waals surface area contributed by atoms with Crippen molar-refractivity contribution in [2.24, 2.45) is 16.1 Å². The number of hydrogen-bond donors (Lipinski definition) is 2. The zero-order chi connectivity index (χ0) is 13.7. The van der Waals surface area contributed by atoms with Crippen LogP contribution in [0.3, 0.4) is 0 Å². The number of hydrogen-bond acceptors (Lipinski definition) is 2. The van der Waals surface area contributed by atoms with Crippen molar-refractivity contribution < 1.29 is 0 Å². The molecule has 0 radical (unpaired) electrons. The standard InChI is InChI=1S/C15H30N4/c1-3-19-10-6-7-13(19)11-17-14(16)18-12-15(2)8-4-5-9-15/h13H,3-12H2,1-2H3,(H3,16,17,18). The summed E-state index contributed by atoms with van der Waals surface area (Å²) in [7, 11) is 0. The molecule has 2 fully saturated rings.